The van der Waals surface area contributed by atoms with Crippen molar-refractivity contribution >= 4 is 35.2 Å². The van der Waals surface area contributed by atoms with E-state index in [4.69, 9.17) is 20.8 Å². The number of amides is 3. The van der Waals surface area contributed by atoms with Crippen molar-refractivity contribution in [3.8, 4) is 0 Å². The molecule has 0 saturated carbocycles. The number of hydrogen-bond donors (Lipinski definition) is 0. The summed E-state index contributed by atoms with van der Waals surface area (Å²) in [6, 6.07) is 2.66. The number of urea groups is 1. The number of rotatable bonds is 4. The Hall–Kier alpha value is -2.35. The number of carbonyl (C=O) groups excluding carboxylic acids is 3. The average molecular weight is 314 g/mol. The number of hydrogen-bond acceptors (Lipinski definition) is 6. The molecular weight excluding hydrogens is 302 g/mol. The fourth-order valence-corrected chi connectivity index (χ4v) is 1.79. The van der Waals surface area contributed by atoms with E-state index in [0.717, 1.165) is 9.91 Å². The second kappa shape index (κ2) is 6.40. The second-order valence-electron chi connectivity index (χ2n) is 4.14. The number of esters is 1. The van der Waals surface area contributed by atoms with E-state index in [-0.39, 0.29) is 19.7 Å². The number of hydrazone groups is 1. The van der Waals surface area contributed by atoms with Gasteiger partial charge in [-0.25, -0.2) is 14.7 Å². The van der Waals surface area contributed by atoms with Gasteiger partial charge in [0.15, 0.2) is 0 Å². The molecule has 2 rings (SSSR count). The van der Waals surface area contributed by atoms with E-state index in [9.17, 15) is 14.4 Å². The van der Waals surface area contributed by atoms with Gasteiger partial charge in [-0.05, 0) is 23.7 Å². The number of nitrogens with zero attached hydrogens (tertiary/aromatic N) is 3. The Kier molecular flexibility index (Phi) is 4.59. The molecule has 0 N–H and O–H groups in total. The van der Waals surface area contributed by atoms with Crippen molar-refractivity contribution in [2.45, 2.75) is 13.5 Å². The highest BCUT2D eigenvalue weighted by Crippen LogP contribution is 2.12. The summed E-state index contributed by atoms with van der Waals surface area (Å²) in [5, 5.41) is 4.19. The third-order valence-electron chi connectivity index (χ3n) is 2.62. The Labute approximate surface area is 124 Å². The SMILES string of the molecule is CC(=O)OCc1ccc(/C=N/N2CCN(C(=O)Cl)C2=O)o1. The van der Waals surface area contributed by atoms with Crippen LogP contribution in [-0.2, 0) is 16.1 Å². The van der Waals surface area contributed by atoms with E-state index in [1.54, 1.807) is 12.1 Å². The predicted molar refractivity (Wildman–Crippen MR) is 71.8 cm³/mol. The van der Waals surface area contributed by atoms with Crippen LogP contribution in [0.1, 0.15) is 18.4 Å². The van der Waals surface area contributed by atoms with Gasteiger partial charge in [0, 0.05) is 6.92 Å². The van der Waals surface area contributed by atoms with Crippen LogP contribution in [0.5, 0.6) is 0 Å². The molecule has 9 heteroatoms. The van der Waals surface area contributed by atoms with Crippen LogP contribution in [0.3, 0.4) is 0 Å². The fraction of sp³-hybridized carbons (Fsp3) is 0.333. The Morgan fingerprint density at radius 2 is 2.24 bits per heavy atom. The summed E-state index contributed by atoms with van der Waals surface area (Å²) in [7, 11) is 0. The molecule has 0 aromatic carbocycles. The standard InChI is InChI=1S/C12H12ClN3O5/c1-8(17)20-7-10-3-2-9(21-10)6-14-16-5-4-15(11(13)18)12(16)19/h2-3,6H,4-5,7H2,1H3/b14-6+. The lowest BCUT2D eigenvalue weighted by Gasteiger charge is -2.09. The fourth-order valence-electron chi connectivity index (χ4n) is 1.64. The zero-order valence-electron chi connectivity index (χ0n) is 11.1. The highest BCUT2D eigenvalue weighted by atomic mass is 35.5. The Morgan fingerprint density at radius 1 is 1.48 bits per heavy atom. The first kappa shape index (κ1) is 15.0. The molecule has 1 fully saturated rings. The van der Waals surface area contributed by atoms with Gasteiger partial charge in [0.1, 0.15) is 18.1 Å². The molecule has 1 aromatic heterocycles. The van der Waals surface area contributed by atoms with Gasteiger partial charge >= 0.3 is 17.4 Å². The maximum absolute atomic E-state index is 11.7. The summed E-state index contributed by atoms with van der Waals surface area (Å²) in [4.78, 5) is 34.2. The van der Waals surface area contributed by atoms with E-state index in [0.29, 0.717) is 11.5 Å². The lowest BCUT2D eigenvalue weighted by atomic mass is 10.4. The third kappa shape index (κ3) is 3.82. The van der Waals surface area contributed by atoms with Crippen molar-refractivity contribution in [1.29, 1.82) is 0 Å². The van der Waals surface area contributed by atoms with Gasteiger partial charge in [0.2, 0.25) is 0 Å². The van der Waals surface area contributed by atoms with Gasteiger partial charge in [-0.2, -0.15) is 5.10 Å². The Bertz CT molecular complexity index is 597. The second-order valence-corrected chi connectivity index (χ2v) is 4.46. The highest BCUT2D eigenvalue weighted by Gasteiger charge is 2.32. The van der Waals surface area contributed by atoms with Crippen molar-refractivity contribution < 1.29 is 23.5 Å². The number of furan rings is 1. The van der Waals surface area contributed by atoms with Gasteiger partial charge in [0.05, 0.1) is 19.3 Å². The van der Waals surface area contributed by atoms with Gasteiger partial charge in [-0.15, -0.1) is 0 Å². The van der Waals surface area contributed by atoms with Crippen molar-refractivity contribution in [3.05, 3.63) is 23.7 Å². The lowest BCUT2D eigenvalue weighted by Crippen LogP contribution is -2.30. The molecule has 0 radical (unpaired) electrons. The first-order valence-electron chi connectivity index (χ1n) is 6.02. The summed E-state index contributed by atoms with van der Waals surface area (Å²) < 4.78 is 10.1. The Balaban J connectivity index is 1.94. The van der Waals surface area contributed by atoms with Crippen LogP contribution >= 0.6 is 11.6 Å². The van der Waals surface area contributed by atoms with Gasteiger partial charge in [-0.3, -0.25) is 9.59 Å². The van der Waals surface area contributed by atoms with Crippen LogP contribution in [-0.4, -0.2) is 46.6 Å². The summed E-state index contributed by atoms with van der Waals surface area (Å²) in [6.45, 7) is 1.78. The zero-order chi connectivity index (χ0) is 15.4. The zero-order valence-corrected chi connectivity index (χ0v) is 11.9. The maximum atomic E-state index is 11.7. The van der Waals surface area contributed by atoms with Crippen molar-refractivity contribution in [1.82, 2.24) is 9.91 Å². The van der Waals surface area contributed by atoms with E-state index < -0.39 is 17.4 Å². The number of carbonyl (C=O) groups is 3. The van der Waals surface area contributed by atoms with Crippen LogP contribution < -0.4 is 0 Å². The van der Waals surface area contributed by atoms with Crippen LogP contribution in [0.25, 0.3) is 0 Å². The molecule has 0 bridgehead atoms. The third-order valence-corrected chi connectivity index (χ3v) is 2.83. The average Bonchev–Trinajstić information content (AvgIpc) is 3.01. The highest BCUT2D eigenvalue weighted by molar-refractivity contribution is 6.64. The van der Waals surface area contributed by atoms with Crippen molar-refractivity contribution in [2.24, 2.45) is 5.10 Å². The van der Waals surface area contributed by atoms with Crippen LogP contribution in [0, 0.1) is 0 Å². The summed E-state index contributed by atoms with van der Waals surface area (Å²) >= 11 is 5.25. The van der Waals surface area contributed by atoms with Crippen molar-refractivity contribution in [3.63, 3.8) is 0 Å². The monoisotopic (exact) mass is 313 g/mol. The molecule has 1 aliphatic heterocycles. The van der Waals surface area contributed by atoms with Gasteiger partial charge in [0.25, 0.3) is 0 Å². The predicted octanol–water partition coefficient (Wildman–Crippen LogP) is 1.77. The summed E-state index contributed by atoms with van der Waals surface area (Å²) in [5.41, 5.74) is 0. The Morgan fingerprint density at radius 3 is 2.86 bits per heavy atom. The molecule has 112 valence electrons. The van der Waals surface area contributed by atoms with Crippen molar-refractivity contribution in [2.75, 3.05) is 13.1 Å². The molecule has 21 heavy (non-hydrogen) atoms. The molecule has 8 nitrogen and oxygen atoms in total. The maximum Gasteiger partial charge on any atom is 0.348 e. The number of imide groups is 1. The van der Waals surface area contributed by atoms with E-state index in [1.807, 2.05) is 0 Å². The molecule has 3 amide bonds. The normalized spacial score (nSPS) is 15.0. The lowest BCUT2D eigenvalue weighted by molar-refractivity contribution is -0.142. The van der Waals surface area contributed by atoms with Crippen LogP contribution in [0.4, 0.5) is 9.59 Å². The largest absolute Gasteiger partial charge is 0.458 e. The molecule has 2 heterocycles. The van der Waals surface area contributed by atoms with E-state index in [1.165, 1.54) is 13.1 Å². The first-order valence-corrected chi connectivity index (χ1v) is 6.39. The van der Waals surface area contributed by atoms with E-state index in [2.05, 4.69) is 5.10 Å². The molecule has 0 spiro atoms. The van der Waals surface area contributed by atoms with Crippen LogP contribution in [0.2, 0.25) is 0 Å². The molecule has 1 aliphatic rings. The molecule has 0 unspecified atom stereocenters. The number of halogens is 1. The number of ether oxygens (including phenoxy) is 1. The molecule has 1 aromatic rings. The minimum absolute atomic E-state index is 0.0281. The molecule has 0 atom stereocenters. The van der Waals surface area contributed by atoms with Gasteiger partial charge < -0.3 is 9.15 Å². The topological polar surface area (TPSA) is 92.4 Å². The first-order chi connectivity index (χ1) is 9.97. The quantitative estimate of drug-likeness (QED) is 0.365. The van der Waals surface area contributed by atoms with E-state index >= 15 is 0 Å². The summed E-state index contributed by atoms with van der Waals surface area (Å²) in [6.07, 6.45) is 1.33. The molecular formula is C12H12ClN3O5. The molecule has 0 aliphatic carbocycles. The molecule has 1 saturated heterocycles. The minimum Gasteiger partial charge on any atom is -0.458 e. The smallest absolute Gasteiger partial charge is 0.348 e. The minimum atomic E-state index is -0.834. The van der Waals surface area contributed by atoms with Crippen LogP contribution in [0.15, 0.2) is 21.7 Å². The van der Waals surface area contributed by atoms with Gasteiger partial charge in [-0.1, -0.05) is 0 Å². The summed E-state index contributed by atoms with van der Waals surface area (Å²) in [5.74, 6) is 0.438.